The van der Waals surface area contributed by atoms with Gasteiger partial charge in [0.1, 0.15) is 22.3 Å². The molecule has 0 unspecified atom stereocenters. The third-order valence-corrected chi connectivity index (χ3v) is 10.3. The van der Waals surface area contributed by atoms with Gasteiger partial charge in [0.15, 0.2) is 0 Å². The van der Waals surface area contributed by atoms with Crippen LogP contribution in [0.2, 0.25) is 0 Å². The molecule has 2 heterocycles. The zero-order valence-electron chi connectivity index (χ0n) is 32.4. The highest BCUT2D eigenvalue weighted by Gasteiger charge is 2.21. The molecule has 0 N–H and O–H groups in total. The van der Waals surface area contributed by atoms with Gasteiger partial charge in [-0.15, -0.1) is 0 Å². The fraction of sp³-hybridized carbons (Fsp3) is 0. The molecule has 0 saturated carbocycles. The van der Waals surface area contributed by atoms with E-state index in [1.807, 2.05) is 102 Å². The Labute approximate surface area is 311 Å². The van der Waals surface area contributed by atoms with Crippen LogP contribution in [-0.2, 0) is 0 Å². The van der Waals surface area contributed by atoms with E-state index in [2.05, 4.69) is 66.7 Å². The first kappa shape index (κ1) is 25.8. The zero-order chi connectivity index (χ0) is 38.4. The van der Waals surface area contributed by atoms with Crippen LogP contribution in [0, 0.1) is 0 Å². The van der Waals surface area contributed by atoms with Crippen molar-refractivity contribution in [1.29, 1.82) is 0 Å². The monoisotopic (exact) mass is 681 g/mol. The fourth-order valence-electron chi connectivity index (χ4n) is 7.75. The normalized spacial score (nSPS) is 12.8. The summed E-state index contributed by atoms with van der Waals surface area (Å²) in [6, 6.07) is 53.5. The molecule has 0 radical (unpaired) electrons. The number of anilines is 3. The number of hydrogen-bond donors (Lipinski definition) is 0. The van der Waals surface area contributed by atoms with Crippen LogP contribution in [0.4, 0.5) is 17.1 Å². The maximum absolute atomic E-state index is 9.69. The van der Waals surface area contributed by atoms with E-state index in [1.54, 1.807) is 0 Å². The molecule has 3 heteroatoms. The summed E-state index contributed by atoms with van der Waals surface area (Å²) in [4.78, 5) is 1.87. The van der Waals surface area contributed by atoms with Gasteiger partial charge in [0, 0.05) is 32.9 Å². The summed E-state index contributed by atoms with van der Waals surface area (Å²) in [5.41, 5.74) is 7.12. The van der Waals surface area contributed by atoms with E-state index in [-0.39, 0.29) is 35.4 Å². The number of furan rings is 2. The molecule has 0 aliphatic rings. The molecule has 248 valence electrons. The molecule has 0 spiro atoms. The lowest BCUT2D eigenvalue weighted by atomic mass is 9.99. The number of fused-ring (bicyclic) bond motifs is 9. The van der Waals surface area contributed by atoms with Crippen molar-refractivity contribution < 1.29 is 14.3 Å². The number of benzene rings is 9. The second-order valence-electron chi connectivity index (χ2n) is 13.4. The van der Waals surface area contributed by atoms with Crippen LogP contribution in [0.25, 0.3) is 87.7 Å². The summed E-state index contributed by atoms with van der Waals surface area (Å²) in [7, 11) is 0. The zero-order valence-corrected chi connectivity index (χ0v) is 28.4. The fourth-order valence-corrected chi connectivity index (χ4v) is 7.75. The molecule has 0 aliphatic heterocycles. The molecule has 0 aliphatic carbocycles. The van der Waals surface area contributed by atoms with E-state index in [0.29, 0.717) is 28.1 Å². The van der Waals surface area contributed by atoms with Crippen molar-refractivity contribution in [3.8, 4) is 22.3 Å². The Bertz CT molecular complexity index is 3410. The van der Waals surface area contributed by atoms with E-state index < -0.39 is 0 Å². The summed E-state index contributed by atoms with van der Waals surface area (Å²) in [5, 5.41) is 7.79. The molecule has 0 saturated heterocycles. The van der Waals surface area contributed by atoms with Crippen molar-refractivity contribution in [2.75, 3.05) is 4.90 Å². The lowest BCUT2D eigenvalue weighted by Crippen LogP contribution is -2.10. The second kappa shape index (κ2) is 11.7. The maximum Gasteiger partial charge on any atom is 0.143 e. The SMILES string of the molecule is [2H]c1c([2H])c(N(c2cccc(-c3ccc4ccccc4c3)c2)c2cccc3oc4c5ccccc5ccc4c23)c([2H])c([2H])c1-c1ccc2oc3ccccc3c2c1. The maximum atomic E-state index is 9.69. The Balaban J connectivity index is 1.17. The van der Waals surface area contributed by atoms with Crippen molar-refractivity contribution in [2.24, 2.45) is 0 Å². The summed E-state index contributed by atoms with van der Waals surface area (Å²) < 4.78 is 51.1. The number of nitrogens with zero attached hydrogens (tertiary/aromatic N) is 1. The number of para-hydroxylation sites is 1. The number of rotatable bonds is 5. The quantitative estimate of drug-likeness (QED) is 0.181. The average molecular weight is 682 g/mol. The predicted octanol–water partition coefficient (Wildman–Crippen LogP) is 14.6. The Morgan fingerprint density at radius 3 is 1.96 bits per heavy atom. The van der Waals surface area contributed by atoms with Crippen LogP contribution >= 0.6 is 0 Å². The van der Waals surface area contributed by atoms with Gasteiger partial charge in [-0.2, -0.15) is 0 Å². The molecular formula is C50H31NO2. The summed E-state index contributed by atoms with van der Waals surface area (Å²) in [6.07, 6.45) is 0. The Morgan fingerprint density at radius 1 is 0.377 bits per heavy atom. The number of hydrogen-bond acceptors (Lipinski definition) is 3. The first-order chi connectivity index (χ1) is 27.9. The average Bonchev–Trinajstić information content (AvgIpc) is 3.83. The van der Waals surface area contributed by atoms with Crippen molar-refractivity contribution >= 4 is 82.5 Å². The van der Waals surface area contributed by atoms with E-state index >= 15 is 0 Å². The third kappa shape index (κ3) is 4.82. The van der Waals surface area contributed by atoms with Crippen molar-refractivity contribution in [3.05, 3.63) is 188 Å². The third-order valence-electron chi connectivity index (χ3n) is 10.3. The van der Waals surface area contributed by atoms with Crippen LogP contribution in [0.3, 0.4) is 0 Å². The van der Waals surface area contributed by atoms with Crippen molar-refractivity contribution in [3.63, 3.8) is 0 Å². The van der Waals surface area contributed by atoms with Gasteiger partial charge in [0.05, 0.1) is 16.6 Å². The predicted molar refractivity (Wildman–Crippen MR) is 222 cm³/mol. The summed E-state index contributed by atoms with van der Waals surface area (Å²) in [5.74, 6) is 0. The minimum Gasteiger partial charge on any atom is -0.456 e. The van der Waals surface area contributed by atoms with Crippen LogP contribution in [0.1, 0.15) is 5.48 Å². The van der Waals surface area contributed by atoms with Crippen LogP contribution in [0.5, 0.6) is 0 Å². The Hall–Kier alpha value is -7.10. The van der Waals surface area contributed by atoms with Crippen molar-refractivity contribution in [2.45, 2.75) is 0 Å². The minimum absolute atomic E-state index is 0.135. The molecule has 0 fully saturated rings. The highest BCUT2D eigenvalue weighted by Crippen LogP contribution is 2.45. The summed E-state index contributed by atoms with van der Waals surface area (Å²) in [6.45, 7) is 0. The topological polar surface area (TPSA) is 29.5 Å². The van der Waals surface area contributed by atoms with Gasteiger partial charge in [-0.3, -0.25) is 0 Å². The largest absolute Gasteiger partial charge is 0.456 e. The standard InChI is InChI=1S/C50H31NO2/c1-2-11-35-29-37(20-19-32(35)9-1)36-12-7-13-40(30-36)51(45-16-8-18-48-49(45)43-27-23-34-10-3-4-14-41(34)50(43)53-48)39-25-21-33(22-26-39)38-24-28-47-44(31-38)42-15-5-6-17-46(42)52-47/h1-31H/i21D,22D,25D,26D. The smallest absolute Gasteiger partial charge is 0.143 e. The van der Waals surface area contributed by atoms with Gasteiger partial charge >= 0.3 is 0 Å². The molecule has 3 nitrogen and oxygen atoms in total. The van der Waals surface area contributed by atoms with Gasteiger partial charge in [-0.25, -0.2) is 0 Å². The molecule has 0 bridgehead atoms. The van der Waals surface area contributed by atoms with Gasteiger partial charge in [0.25, 0.3) is 0 Å². The van der Waals surface area contributed by atoms with E-state index in [9.17, 15) is 5.48 Å². The molecule has 11 rings (SSSR count). The van der Waals surface area contributed by atoms with Gasteiger partial charge in [-0.1, -0.05) is 121 Å². The van der Waals surface area contributed by atoms with E-state index in [0.717, 1.165) is 65.4 Å². The lowest BCUT2D eigenvalue weighted by Gasteiger charge is -2.27. The molecule has 0 amide bonds. The van der Waals surface area contributed by atoms with Gasteiger partial charge in [-0.05, 0) is 105 Å². The van der Waals surface area contributed by atoms with Crippen LogP contribution in [-0.4, -0.2) is 0 Å². The molecule has 11 aromatic rings. The van der Waals surface area contributed by atoms with E-state index in [4.69, 9.17) is 8.83 Å². The van der Waals surface area contributed by atoms with E-state index in [1.165, 1.54) is 0 Å². The molecular weight excluding hydrogens is 647 g/mol. The van der Waals surface area contributed by atoms with Crippen LogP contribution in [0.15, 0.2) is 197 Å². The van der Waals surface area contributed by atoms with Crippen molar-refractivity contribution in [1.82, 2.24) is 0 Å². The molecule has 53 heavy (non-hydrogen) atoms. The second-order valence-corrected chi connectivity index (χ2v) is 13.4. The Morgan fingerprint density at radius 2 is 1.06 bits per heavy atom. The first-order valence-corrected chi connectivity index (χ1v) is 17.7. The minimum atomic E-state index is -0.158. The Kier molecular flexibility index (Phi) is 5.71. The van der Waals surface area contributed by atoms with Crippen LogP contribution < -0.4 is 4.90 Å². The first-order valence-electron chi connectivity index (χ1n) is 19.7. The molecule has 2 aromatic heterocycles. The highest BCUT2D eigenvalue weighted by molar-refractivity contribution is 6.19. The summed E-state index contributed by atoms with van der Waals surface area (Å²) >= 11 is 0. The molecule has 0 atom stereocenters. The lowest BCUT2D eigenvalue weighted by molar-refractivity contribution is 0.669. The van der Waals surface area contributed by atoms with Gasteiger partial charge in [0.2, 0.25) is 0 Å². The van der Waals surface area contributed by atoms with Gasteiger partial charge < -0.3 is 13.7 Å². The highest BCUT2D eigenvalue weighted by atomic mass is 16.3. The molecule has 9 aromatic carbocycles.